The molecule has 1 aliphatic carbocycles. The van der Waals surface area contributed by atoms with E-state index in [-0.39, 0.29) is 0 Å². The van der Waals surface area contributed by atoms with Crippen molar-refractivity contribution in [2.75, 3.05) is 6.54 Å². The van der Waals surface area contributed by atoms with Crippen LogP contribution in [0.15, 0.2) is 24.3 Å². The van der Waals surface area contributed by atoms with Crippen molar-refractivity contribution in [1.29, 1.82) is 0 Å². The maximum absolute atomic E-state index is 10.5. The van der Waals surface area contributed by atoms with Crippen LogP contribution in [0, 0.1) is 0 Å². The van der Waals surface area contributed by atoms with Gasteiger partial charge in [0.15, 0.2) is 0 Å². The van der Waals surface area contributed by atoms with Crippen molar-refractivity contribution in [3.8, 4) is 0 Å². The lowest BCUT2D eigenvalue weighted by Crippen LogP contribution is -2.21. The molecule has 1 aliphatic rings. The van der Waals surface area contributed by atoms with Crippen molar-refractivity contribution >= 4 is 0 Å². The predicted molar refractivity (Wildman–Crippen MR) is 67.4 cm³/mol. The summed E-state index contributed by atoms with van der Waals surface area (Å²) in [6.45, 7) is 0.468. The van der Waals surface area contributed by atoms with Crippen molar-refractivity contribution in [2.24, 2.45) is 5.73 Å². The summed E-state index contributed by atoms with van der Waals surface area (Å²) >= 11 is 0. The third kappa shape index (κ3) is 2.68. The molecule has 3 heteroatoms. The van der Waals surface area contributed by atoms with Crippen molar-refractivity contribution in [1.82, 2.24) is 0 Å². The average molecular weight is 235 g/mol. The lowest BCUT2D eigenvalue weighted by molar-refractivity contribution is 0.0441. The van der Waals surface area contributed by atoms with E-state index in [9.17, 15) is 10.2 Å². The number of aliphatic hydroxyl groups excluding tert-OH is 1. The molecule has 1 unspecified atom stereocenters. The van der Waals surface area contributed by atoms with Gasteiger partial charge in [-0.1, -0.05) is 37.1 Å². The molecule has 0 amide bonds. The van der Waals surface area contributed by atoms with Gasteiger partial charge in [0.25, 0.3) is 0 Å². The van der Waals surface area contributed by atoms with Gasteiger partial charge in [-0.15, -0.1) is 0 Å². The maximum atomic E-state index is 10.5. The Hall–Kier alpha value is -0.900. The van der Waals surface area contributed by atoms with E-state index in [4.69, 9.17) is 5.73 Å². The highest BCUT2D eigenvalue weighted by Crippen LogP contribution is 2.39. The molecule has 0 spiro atoms. The standard InChI is InChI=1S/C14H21NO2/c15-9-6-13(16)11-4-3-5-12(10-11)14(17)7-1-2-8-14/h3-5,10,13,16-17H,1-2,6-9,15H2. The minimum absolute atomic E-state index is 0.468. The molecule has 1 atom stereocenters. The highest BCUT2D eigenvalue weighted by molar-refractivity contribution is 5.30. The summed E-state index contributed by atoms with van der Waals surface area (Å²) in [7, 11) is 0. The molecule has 0 aromatic heterocycles. The quantitative estimate of drug-likeness (QED) is 0.746. The van der Waals surface area contributed by atoms with Crippen LogP contribution < -0.4 is 5.73 Å². The highest BCUT2D eigenvalue weighted by atomic mass is 16.3. The van der Waals surface area contributed by atoms with Gasteiger partial charge in [0.1, 0.15) is 0 Å². The second-order valence-electron chi connectivity index (χ2n) is 4.96. The number of rotatable bonds is 4. The van der Waals surface area contributed by atoms with Gasteiger partial charge in [-0.25, -0.2) is 0 Å². The third-order valence-electron chi connectivity index (χ3n) is 3.68. The zero-order chi connectivity index (χ0) is 12.3. The highest BCUT2D eigenvalue weighted by Gasteiger charge is 2.33. The smallest absolute Gasteiger partial charge is 0.0896 e. The van der Waals surface area contributed by atoms with E-state index in [1.54, 1.807) is 0 Å². The molecular weight excluding hydrogens is 214 g/mol. The lowest BCUT2D eigenvalue weighted by Gasteiger charge is -2.24. The van der Waals surface area contributed by atoms with Crippen molar-refractivity contribution in [3.05, 3.63) is 35.4 Å². The van der Waals surface area contributed by atoms with E-state index in [2.05, 4.69) is 0 Å². The fourth-order valence-corrected chi connectivity index (χ4v) is 2.61. The molecular formula is C14H21NO2. The molecule has 0 radical (unpaired) electrons. The summed E-state index contributed by atoms with van der Waals surface area (Å²) < 4.78 is 0. The topological polar surface area (TPSA) is 66.5 Å². The van der Waals surface area contributed by atoms with E-state index >= 15 is 0 Å². The first-order valence-corrected chi connectivity index (χ1v) is 6.37. The van der Waals surface area contributed by atoms with Crippen LogP contribution in [0.25, 0.3) is 0 Å². The first-order chi connectivity index (χ1) is 8.15. The predicted octanol–water partition coefficient (Wildman–Crippen LogP) is 1.83. The van der Waals surface area contributed by atoms with Gasteiger partial charge in [0, 0.05) is 0 Å². The zero-order valence-electron chi connectivity index (χ0n) is 10.1. The van der Waals surface area contributed by atoms with Crippen LogP contribution in [0.4, 0.5) is 0 Å². The Morgan fingerprint density at radius 3 is 2.65 bits per heavy atom. The van der Waals surface area contributed by atoms with Gasteiger partial charge >= 0.3 is 0 Å². The van der Waals surface area contributed by atoms with E-state index in [0.29, 0.717) is 13.0 Å². The molecule has 1 saturated carbocycles. The van der Waals surface area contributed by atoms with E-state index in [1.165, 1.54) is 0 Å². The molecule has 3 nitrogen and oxygen atoms in total. The first kappa shape index (κ1) is 12.6. The Morgan fingerprint density at radius 1 is 1.29 bits per heavy atom. The average Bonchev–Trinajstić information content (AvgIpc) is 2.78. The van der Waals surface area contributed by atoms with Gasteiger partial charge in [0.2, 0.25) is 0 Å². The van der Waals surface area contributed by atoms with Crippen LogP contribution in [-0.2, 0) is 5.60 Å². The van der Waals surface area contributed by atoms with E-state index in [1.807, 2.05) is 24.3 Å². The van der Waals surface area contributed by atoms with Crippen molar-refractivity contribution in [3.63, 3.8) is 0 Å². The van der Waals surface area contributed by atoms with Gasteiger partial charge in [-0.2, -0.15) is 0 Å². The van der Waals surface area contributed by atoms with Gasteiger partial charge in [-0.3, -0.25) is 0 Å². The number of hydrogen-bond donors (Lipinski definition) is 3. The Morgan fingerprint density at radius 2 is 2.00 bits per heavy atom. The summed E-state index contributed by atoms with van der Waals surface area (Å²) in [6, 6.07) is 7.67. The molecule has 2 rings (SSSR count). The Labute approximate surface area is 102 Å². The second kappa shape index (κ2) is 5.17. The maximum Gasteiger partial charge on any atom is 0.0896 e. The SMILES string of the molecule is NCCC(O)c1cccc(C2(O)CCCC2)c1. The fraction of sp³-hybridized carbons (Fsp3) is 0.571. The minimum atomic E-state index is -0.682. The normalized spacial score (nSPS) is 20.4. The molecule has 94 valence electrons. The third-order valence-corrected chi connectivity index (χ3v) is 3.68. The summed E-state index contributed by atoms with van der Waals surface area (Å²) in [5.74, 6) is 0. The minimum Gasteiger partial charge on any atom is -0.388 e. The van der Waals surface area contributed by atoms with Crippen LogP contribution in [0.3, 0.4) is 0 Å². The van der Waals surface area contributed by atoms with Crippen molar-refractivity contribution in [2.45, 2.75) is 43.8 Å². The molecule has 4 N–H and O–H groups in total. The number of hydrogen-bond acceptors (Lipinski definition) is 3. The van der Waals surface area contributed by atoms with Gasteiger partial charge in [0.05, 0.1) is 11.7 Å². The molecule has 0 bridgehead atoms. The summed E-state index contributed by atoms with van der Waals surface area (Å²) in [4.78, 5) is 0. The van der Waals surface area contributed by atoms with Crippen LogP contribution in [0.1, 0.15) is 49.3 Å². The lowest BCUT2D eigenvalue weighted by atomic mass is 9.90. The Balaban J connectivity index is 2.22. The first-order valence-electron chi connectivity index (χ1n) is 6.37. The van der Waals surface area contributed by atoms with E-state index < -0.39 is 11.7 Å². The molecule has 1 aromatic rings. The molecule has 0 saturated heterocycles. The largest absolute Gasteiger partial charge is 0.388 e. The van der Waals surface area contributed by atoms with Crippen LogP contribution in [0.2, 0.25) is 0 Å². The number of benzene rings is 1. The number of aliphatic hydroxyl groups is 2. The van der Waals surface area contributed by atoms with Crippen LogP contribution >= 0.6 is 0 Å². The molecule has 0 aliphatic heterocycles. The molecule has 1 aromatic carbocycles. The van der Waals surface area contributed by atoms with E-state index in [0.717, 1.165) is 36.8 Å². The molecule has 1 fully saturated rings. The van der Waals surface area contributed by atoms with Crippen molar-refractivity contribution < 1.29 is 10.2 Å². The monoisotopic (exact) mass is 235 g/mol. The fourth-order valence-electron chi connectivity index (χ4n) is 2.61. The van der Waals surface area contributed by atoms with Gasteiger partial charge < -0.3 is 15.9 Å². The summed E-state index contributed by atoms with van der Waals surface area (Å²) in [5.41, 5.74) is 6.55. The second-order valence-corrected chi connectivity index (χ2v) is 4.96. The molecule has 17 heavy (non-hydrogen) atoms. The summed E-state index contributed by atoms with van der Waals surface area (Å²) in [6.07, 6.45) is 3.83. The van der Waals surface area contributed by atoms with Crippen LogP contribution in [-0.4, -0.2) is 16.8 Å². The summed E-state index contributed by atoms with van der Waals surface area (Å²) in [5, 5.41) is 20.4. The number of nitrogens with two attached hydrogens (primary N) is 1. The zero-order valence-corrected chi connectivity index (χ0v) is 10.1. The Bertz CT molecular complexity index is 372. The molecule has 0 heterocycles. The van der Waals surface area contributed by atoms with Crippen LogP contribution in [0.5, 0.6) is 0 Å². The Kier molecular flexibility index (Phi) is 3.82. The van der Waals surface area contributed by atoms with Gasteiger partial charge in [-0.05, 0) is 36.9 Å².